The molecule has 2 heterocycles. The summed E-state index contributed by atoms with van der Waals surface area (Å²) in [4.78, 5) is 0. The van der Waals surface area contributed by atoms with Crippen LogP contribution in [0.1, 0.15) is 5.76 Å². The minimum atomic E-state index is -0.282. The molecule has 0 radical (unpaired) electrons. The van der Waals surface area contributed by atoms with E-state index in [0.717, 1.165) is 12.3 Å². The van der Waals surface area contributed by atoms with Gasteiger partial charge in [0.25, 0.3) is 0 Å². The van der Waals surface area contributed by atoms with Crippen molar-refractivity contribution in [3.05, 3.63) is 24.2 Å². The second kappa shape index (κ2) is 3.91. The van der Waals surface area contributed by atoms with E-state index in [2.05, 4.69) is 10.6 Å². The largest absolute Gasteiger partial charge is 0.468 e. The molecule has 1 aliphatic rings. The quantitative estimate of drug-likeness (QED) is 0.601. The maximum atomic E-state index is 9.46. The molecule has 1 fully saturated rings. The normalized spacial score (nSPS) is 28.1. The standard InChI is InChI=1S/C9H14N2O2/c12-9-6-10-5-8(9)11-4-7-2-1-3-13-7/h1-3,8-12H,4-6H2/t8-,9-/m1/s1. The SMILES string of the molecule is O[C@@H]1CNC[C@H]1NCc1ccco1. The van der Waals surface area contributed by atoms with Gasteiger partial charge in [-0.3, -0.25) is 0 Å². The van der Waals surface area contributed by atoms with Crippen LogP contribution in [-0.4, -0.2) is 30.3 Å². The second-order valence-electron chi connectivity index (χ2n) is 3.29. The molecule has 0 aliphatic carbocycles. The molecule has 1 aliphatic heterocycles. The lowest BCUT2D eigenvalue weighted by Crippen LogP contribution is -2.38. The number of β-amino-alcohol motifs (C(OH)–C–C–N with tert-alkyl or cyclic N) is 1. The van der Waals surface area contributed by atoms with Gasteiger partial charge in [0.1, 0.15) is 5.76 Å². The van der Waals surface area contributed by atoms with Gasteiger partial charge in [0.15, 0.2) is 0 Å². The molecule has 0 saturated carbocycles. The van der Waals surface area contributed by atoms with Crippen molar-refractivity contribution in [2.45, 2.75) is 18.7 Å². The molecule has 1 saturated heterocycles. The average Bonchev–Trinajstić information content (AvgIpc) is 2.72. The van der Waals surface area contributed by atoms with Crippen molar-refractivity contribution < 1.29 is 9.52 Å². The first-order valence-electron chi connectivity index (χ1n) is 4.51. The third kappa shape index (κ3) is 2.09. The van der Waals surface area contributed by atoms with Crippen molar-refractivity contribution in [2.75, 3.05) is 13.1 Å². The summed E-state index contributed by atoms with van der Waals surface area (Å²) in [7, 11) is 0. The maximum absolute atomic E-state index is 9.46. The smallest absolute Gasteiger partial charge is 0.117 e. The van der Waals surface area contributed by atoms with Crippen molar-refractivity contribution in [3.8, 4) is 0 Å². The first-order valence-corrected chi connectivity index (χ1v) is 4.51. The Morgan fingerprint density at radius 1 is 1.62 bits per heavy atom. The first kappa shape index (κ1) is 8.74. The molecule has 72 valence electrons. The third-order valence-electron chi connectivity index (χ3n) is 2.30. The summed E-state index contributed by atoms with van der Waals surface area (Å²) in [6, 6.07) is 3.92. The van der Waals surface area contributed by atoms with Gasteiger partial charge in [0.05, 0.1) is 18.9 Å². The Hall–Kier alpha value is -0.840. The van der Waals surface area contributed by atoms with Gasteiger partial charge >= 0.3 is 0 Å². The molecule has 0 bridgehead atoms. The molecule has 2 atom stereocenters. The lowest BCUT2D eigenvalue weighted by molar-refractivity contribution is 0.161. The summed E-state index contributed by atoms with van der Waals surface area (Å²) < 4.78 is 5.16. The van der Waals surface area contributed by atoms with E-state index < -0.39 is 0 Å². The lowest BCUT2D eigenvalue weighted by atomic mass is 10.2. The molecule has 4 nitrogen and oxygen atoms in total. The fourth-order valence-electron chi connectivity index (χ4n) is 1.52. The van der Waals surface area contributed by atoms with Crippen molar-refractivity contribution in [1.82, 2.24) is 10.6 Å². The van der Waals surface area contributed by atoms with E-state index in [1.165, 1.54) is 0 Å². The monoisotopic (exact) mass is 182 g/mol. The predicted molar refractivity (Wildman–Crippen MR) is 48.2 cm³/mol. The summed E-state index contributed by atoms with van der Waals surface area (Å²) in [5.41, 5.74) is 0. The van der Waals surface area contributed by atoms with Gasteiger partial charge in [-0.15, -0.1) is 0 Å². The minimum absolute atomic E-state index is 0.144. The number of nitrogens with one attached hydrogen (secondary N) is 2. The molecule has 1 aromatic heterocycles. The van der Waals surface area contributed by atoms with Gasteiger partial charge in [0.2, 0.25) is 0 Å². The number of hydrogen-bond donors (Lipinski definition) is 3. The summed E-state index contributed by atoms with van der Waals surface area (Å²) in [5.74, 6) is 0.902. The maximum Gasteiger partial charge on any atom is 0.117 e. The van der Waals surface area contributed by atoms with Gasteiger partial charge < -0.3 is 20.2 Å². The van der Waals surface area contributed by atoms with Gasteiger partial charge in [-0.2, -0.15) is 0 Å². The Morgan fingerprint density at radius 2 is 2.54 bits per heavy atom. The zero-order valence-corrected chi connectivity index (χ0v) is 7.36. The van der Waals surface area contributed by atoms with E-state index in [0.29, 0.717) is 13.1 Å². The highest BCUT2D eigenvalue weighted by Crippen LogP contribution is 2.03. The number of furan rings is 1. The van der Waals surface area contributed by atoms with E-state index >= 15 is 0 Å². The van der Waals surface area contributed by atoms with E-state index in [1.807, 2.05) is 12.1 Å². The molecule has 13 heavy (non-hydrogen) atoms. The summed E-state index contributed by atoms with van der Waals surface area (Å²) in [6.07, 6.45) is 1.37. The van der Waals surface area contributed by atoms with Crippen molar-refractivity contribution in [2.24, 2.45) is 0 Å². The Balaban J connectivity index is 1.79. The summed E-state index contributed by atoms with van der Waals surface area (Å²) in [6.45, 7) is 2.17. The molecule has 3 N–H and O–H groups in total. The van der Waals surface area contributed by atoms with Crippen LogP contribution in [0.4, 0.5) is 0 Å². The fraction of sp³-hybridized carbons (Fsp3) is 0.556. The van der Waals surface area contributed by atoms with Crippen LogP contribution >= 0.6 is 0 Å². The van der Waals surface area contributed by atoms with Crippen LogP contribution in [0.25, 0.3) is 0 Å². The van der Waals surface area contributed by atoms with Crippen LogP contribution in [0.3, 0.4) is 0 Å². The fourth-order valence-corrected chi connectivity index (χ4v) is 1.52. The zero-order chi connectivity index (χ0) is 9.10. The van der Waals surface area contributed by atoms with Gasteiger partial charge in [0, 0.05) is 19.1 Å². The Kier molecular flexibility index (Phi) is 2.63. The topological polar surface area (TPSA) is 57.4 Å². The van der Waals surface area contributed by atoms with Crippen LogP contribution in [0, 0.1) is 0 Å². The summed E-state index contributed by atoms with van der Waals surface area (Å²) in [5, 5.41) is 15.8. The predicted octanol–water partition coefficient (Wildman–Crippen LogP) is -0.298. The van der Waals surface area contributed by atoms with E-state index in [1.54, 1.807) is 6.26 Å². The van der Waals surface area contributed by atoms with Crippen molar-refractivity contribution in [3.63, 3.8) is 0 Å². The molecule has 0 spiro atoms. The number of aliphatic hydroxyl groups is 1. The number of rotatable bonds is 3. The van der Waals surface area contributed by atoms with E-state index in [9.17, 15) is 5.11 Å². The van der Waals surface area contributed by atoms with E-state index in [4.69, 9.17) is 4.42 Å². The molecular formula is C9H14N2O2. The zero-order valence-electron chi connectivity index (χ0n) is 7.36. The van der Waals surface area contributed by atoms with Crippen molar-refractivity contribution >= 4 is 0 Å². The van der Waals surface area contributed by atoms with Crippen LogP contribution in [0.5, 0.6) is 0 Å². The molecule has 0 amide bonds. The van der Waals surface area contributed by atoms with E-state index in [-0.39, 0.29) is 12.1 Å². The van der Waals surface area contributed by atoms with Crippen molar-refractivity contribution in [1.29, 1.82) is 0 Å². The van der Waals surface area contributed by atoms with Gasteiger partial charge in [-0.1, -0.05) is 0 Å². The van der Waals surface area contributed by atoms with Crippen LogP contribution in [0.15, 0.2) is 22.8 Å². The van der Waals surface area contributed by atoms with Crippen LogP contribution in [0.2, 0.25) is 0 Å². The Bertz CT molecular complexity index is 248. The van der Waals surface area contributed by atoms with Gasteiger partial charge in [-0.05, 0) is 12.1 Å². The highest BCUT2D eigenvalue weighted by molar-refractivity contribution is 4.98. The lowest BCUT2D eigenvalue weighted by Gasteiger charge is -2.13. The Labute approximate surface area is 76.9 Å². The Morgan fingerprint density at radius 3 is 3.15 bits per heavy atom. The average molecular weight is 182 g/mol. The summed E-state index contributed by atoms with van der Waals surface area (Å²) >= 11 is 0. The van der Waals surface area contributed by atoms with Crippen LogP contribution < -0.4 is 10.6 Å². The van der Waals surface area contributed by atoms with Crippen LogP contribution in [-0.2, 0) is 6.54 Å². The molecule has 2 rings (SSSR count). The third-order valence-corrected chi connectivity index (χ3v) is 2.30. The highest BCUT2D eigenvalue weighted by atomic mass is 16.3. The highest BCUT2D eigenvalue weighted by Gasteiger charge is 2.23. The molecule has 0 aromatic carbocycles. The number of aliphatic hydroxyl groups excluding tert-OH is 1. The first-order chi connectivity index (χ1) is 6.36. The second-order valence-corrected chi connectivity index (χ2v) is 3.29. The minimum Gasteiger partial charge on any atom is -0.468 e. The molecular weight excluding hydrogens is 168 g/mol. The number of hydrogen-bond acceptors (Lipinski definition) is 4. The molecule has 1 aromatic rings. The van der Waals surface area contributed by atoms with Gasteiger partial charge in [-0.25, -0.2) is 0 Å². The molecule has 0 unspecified atom stereocenters. The molecule has 4 heteroatoms.